The molecule has 0 spiro atoms. The molecular weight excluding hydrogens is 356 g/mol. The van der Waals surface area contributed by atoms with E-state index < -0.39 is 0 Å². The quantitative estimate of drug-likeness (QED) is 0.700. The topological polar surface area (TPSA) is 95.9 Å². The van der Waals surface area contributed by atoms with Gasteiger partial charge in [0.25, 0.3) is 11.5 Å². The van der Waals surface area contributed by atoms with Gasteiger partial charge in [-0.3, -0.25) is 9.59 Å². The summed E-state index contributed by atoms with van der Waals surface area (Å²) in [5.74, 6) is 0.979. The van der Waals surface area contributed by atoms with Crippen LogP contribution in [0, 0.1) is 5.92 Å². The number of aromatic amines is 1. The van der Waals surface area contributed by atoms with Crippen LogP contribution >= 0.6 is 0 Å². The Bertz CT molecular complexity index is 1030. The largest absolute Gasteiger partial charge is 0.370 e. The molecule has 28 heavy (non-hydrogen) atoms. The third-order valence-electron chi connectivity index (χ3n) is 5.05. The molecule has 3 aromatic rings. The molecule has 0 aliphatic carbocycles. The monoisotopic (exact) mass is 378 g/mol. The number of carbonyl (C=O) groups excluding carboxylic acids is 1. The maximum Gasteiger partial charge on any atom is 0.268 e. The molecule has 1 fully saturated rings. The number of aryl methyl sites for hydroxylation is 1. The average molecular weight is 378 g/mol. The smallest absolute Gasteiger partial charge is 0.268 e. The highest BCUT2D eigenvalue weighted by Gasteiger charge is 2.24. The Morgan fingerprint density at radius 1 is 1.36 bits per heavy atom. The van der Waals surface area contributed by atoms with Gasteiger partial charge in [-0.05, 0) is 24.5 Å². The number of amides is 1. The van der Waals surface area contributed by atoms with Crippen molar-refractivity contribution in [3.8, 4) is 11.4 Å². The number of rotatable bonds is 5. The number of nitrogens with one attached hydrogen (secondary N) is 2. The van der Waals surface area contributed by atoms with E-state index in [9.17, 15) is 9.59 Å². The summed E-state index contributed by atoms with van der Waals surface area (Å²) in [4.78, 5) is 33.7. The van der Waals surface area contributed by atoms with Gasteiger partial charge >= 0.3 is 0 Å². The van der Waals surface area contributed by atoms with Gasteiger partial charge in [0.2, 0.25) is 0 Å². The van der Waals surface area contributed by atoms with Crippen molar-refractivity contribution in [2.75, 3.05) is 24.5 Å². The summed E-state index contributed by atoms with van der Waals surface area (Å²) in [6, 6.07) is 9.01. The molecule has 1 amide bonds. The number of hydrogen-bond acceptors (Lipinski definition) is 5. The Labute approximate surface area is 162 Å². The van der Waals surface area contributed by atoms with Gasteiger partial charge in [0.15, 0.2) is 0 Å². The van der Waals surface area contributed by atoms with Gasteiger partial charge in [0.1, 0.15) is 5.82 Å². The van der Waals surface area contributed by atoms with Crippen molar-refractivity contribution in [2.45, 2.75) is 6.42 Å². The van der Waals surface area contributed by atoms with E-state index in [0.717, 1.165) is 36.6 Å². The van der Waals surface area contributed by atoms with Crippen molar-refractivity contribution in [2.24, 2.45) is 13.0 Å². The first kappa shape index (κ1) is 18.0. The summed E-state index contributed by atoms with van der Waals surface area (Å²) in [6.07, 6.45) is 6.11. The molecule has 1 aliphatic heterocycles. The van der Waals surface area contributed by atoms with E-state index in [4.69, 9.17) is 0 Å². The molecule has 2 aromatic heterocycles. The highest BCUT2D eigenvalue weighted by atomic mass is 16.1. The van der Waals surface area contributed by atoms with Gasteiger partial charge in [0, 0.05) is 56.3 Å². The molecule has 0 bridgehead atoms. The molecule has 1 saturated heterocycles. The van der Waals surface area contributed by atoms with E-state index in [0.29, 0.717) is 18.0 Å². The normalized spacial score (nSPS) is 16.3. The van der Waals surface area contributed by atoms with Crippen LogP contribution in [-0.2, 0) is 7.05 Å². The van der Waals surface area contributed by atoms with Crippen LogP contribution in [0.3, 0.4) is 0 Å². The van der Waals surface area contributed by atoms with Crippen molar-refractivity contribution in [3.63, 3.8) is 0 Å². The first-order chi connectivity index (χ1) is 13.6. The maximum absolute atomic E-state index is 12.5. The Kier molecular flexibility index (Phi) is 4.92. The zero-order valence-electron chi connectivity index (χ0n) is 15.6. The minimum Gasteiger partial charge on any atom is -0.370 e. The van der Waals surface area contributed by atoms with Gasteiger partial charge < -0.3 is 15.2 Å². The van der Waals surface area contributed by atoms with E-state index in [2.05, 4.69) is 25.3 Å². The number of anilines is 1. The summed E-state index contributed by atoms with van der Waals surface area (Å²) in [5.41, 5.74) is 2.20. The fraction of sp³-hybridized carbons (Fsp3) is 0.300. The Hall–Kier alpha value is -3.42. The second kappa shape index (κ2) is 7.67. The minimum atomic E-state index is -0.120. The number of carbonyl (C=O) groups is 1. The van der Waals surface area contributed by atoms with Gasteiger partial charge in [-0.2, -0.15) is 5.10 Å². The van der Waals surface area contributed by atoms with Crippen LogP contribution in [0.5, 0.6) is 0 Å². The predicted molar refractivity (Wildman–Crippen MR) is 106 cm³/mol. The Balaban J connectivity index is 1.35. The predicted octanol–water partition coefficient (Wildman–Crippen LogP) is 1.43. The fourth-order valence-corrected chi connectivity index (χ4v) is 3.44. The van der Waals surface area contributed by atoms with Crippen molar-refractivity contribution < 1.29 is 4.79 Å². The molecule has 8 nitrogen and oxygen atoms in total. The minimum absolute atomic E-state index is 0.0953. The molecule has 4 rings (SSSR count). The first-order valence-electron chi connectivity index (χ1n) is 9.26. The van der Waals surface area contributed by atoms with E-state index in [1.807, 2.05) is 18.2 Å². The molecule has 0 saturated carbocycles. The highest BCUT2D eigenvalue weighted by molar-refractivity contribution is 5.95. The number of hydrogen-bond donors (Lipinski definition) is 2. The van der Waals surface area contributed by atoms with E-state index in [1.54, 1.807) is 37.8 Å². The standard InChI is InChI=1S/C20H22N6O2/c1-25-18(27)10-17(12-24-25)26-8-5-14(13-26)11-23-20(28)16-4-2-3-15(9-16)19-21-6-7-22-19/h2-4,6-7,9-10,12,14H,5,8,11,13H2,1H3,(H,21,22)(H,23,28)/t14-/m0/s1. The molecule has 0 radical (unpaired) electrons. The fourth-order valence-electron chi connectivity index (χ4n) is 3.44. The van der Waals surface area contributed by atoms with Crippen LogP contribution in [0.2, 0.25) is 0 Å². The molecule has 1 aromatic carbocycles. The molecule has 1 atom stereocenters. The third kappa shape index (κ3) is 3.80. The maximum atomic E-state index is 12.5. The van der Waals surface area contributed by atoms with Gasteiger partial charge in [0.05, 0.1) is 11.9 Å². The van der Waals surface area contributed by atoms with Gasteiger partial charge in [-0.25, -0.2) is 9.67 Å². The van der Waals surface area contributed by atoms with Crippen LogP contribution in [0.15, 0.2) is 53.7 Å². The molecular formula is C20H22N6O2. The van der Waals surface area contributed by atoms with Crippen LogP contribution in [0.1, 0.15) is 16.8 Å². The number of benzene rings is 1. The second-order valence-corrected chi connectivity index (χ2v) is 7.00. The van der Waals surface area contributed by atoms with Crippen LogP contribution in [-0.4, -0.2) is 45.3 Å². The van der Waals surface area contributed by atoms with Crippen molar-refractivity contribution in [3.05, 3.63) is 64.8 Å². The third-order valence-corrected chi connectivity index (χ3v) is 5.05. The molecule has 1 aliphatic rings. The van der Waals surface area contributed by atoms with Crippen LogP contribution in [0.4, 0.5) is 5.69 Å². The van der Waals surface area contributed by atoms with Crippen molar-refractivity contribution in [1.82, 2.24) is 25.1 Å². The van der Waals surface area contributed by atoms with Crippen molar-refractivity contribution >= 4 is 11.6 Å². The number of aromatic nitrogens is 4. The van der Waals surface area contributed by atoms with Crippen LogP contribution in [0.25, 0.3) is 11.4 Å². The lowest BCUT2D eigenvalue weighted by Crippen LogP contribution is -2.31. The SMILES string of the molecule is Cn1ncc(N2CC[C@@H](CNC(=O)c3cccc(-c4ncc[nH]4)c3)C2)cc1=O. The number of nitrogens with zero attached hydrogens (tertiary/aromatic N) is 4. The molecule has 3 heterocycles. The lowest BCUT2D eigenvalue weighted by molar-refractivity contribution is 0.0948. The summed E-state index contributed by atoms with van der Waals surface area (Å²) >= 11 is 0. The molecule has 2 N–H and O–H groups in total. The van der Waals surface area contributed by atoms with E-state index in [-0.39, 0.29) is 11.5 Å². The van der Waals surface area contributed by atoms with Gasteiger partial charge in [-0.15, -0.1) is 0 Å². The first-order valence-corrected chi connectivity index (χ1v) is 9.26. The lowest BCUT2D eigenvalue weighted by atomic mass is 10.1. The van der Waals surface area contributed by atoms with Gasteiger partial charge in [-0.1, -0.05) is 12.1 Å². The Morgan fingerprint density at radius 2 is 2.25 bits per heavy atom. The number of H-pyrrole nitrogens is 1. The molecule has 8 heteroatoms. The summed E-state index contributed by atoms with van der Waals surface area (Å²) in [5, 5.41) is 7.10. The zero-order valence-corrected chi connectivity index (χ0v) is 15.6. The molecule has 0 unspecified atom stereocenters. The number of imidazole rings is 1. The zero-order chi connectivity index (χ0) is 19.5. The lowest BCUT2D eigenvalue weighted by Gasteiger charge is -2.18. The highest BCUT2D eigenvalue weighted by Crippen LogP contribution is 2.22. The van der Waals surface area contributed by atoms with E-state index >= 15 is 0 Å². The Morgan fingerprint density at radius 3 is 3.04 bits per heavy atom. The summed E-state index contributed by atoms with van der Waals surface area (Å²) in [6.45, 7) is 2.24. The average Bonchev–Trinajstić information content (AvgIpc) is 3.40. The summed E-state index contributed by atoms with van der Waals surface area (Å²) < 4.78 is 1.31. The second-order valence-electron chi connectivity index (χ2n) is 7.00. The van der Waals surface area contributed by atoms with Crippen molar-refractivity contribution in [1.29, 1.82) is 0 Å². The summed E-state index contributed by atoms with van der Waals surface area (Å²) in [7, 11) is 1.63. The van der Waals surface area contributed by atoms with Crippen LogP contribution < -0.4 is 15.8 Å². The molecule has 144 valence electrons. The van der Waals surface area contributed by atoms with E-state index in [1.165, 1.54) is 4.68 Å².